The number of hydrogen-bond acceptors (Lipinski definition) is 3. The lowest BCUT2D eigenvalue weighted by Gasteiger charge is -2.32. The monoisotopic (exact) mass is 389 g/mol. The lowest BCUT2D eigenvalue weighted by molar-refractivity contribution is -0.144. The van der Waals surface area contributed by atoms with Gasteiger partial charge >= 0.3 is 5.97 Å². The number of allylic oxidation sites excluding steroid dienone is 1. The van der Waals surface area contributed by atoms with E-state index in [0.29, 0.717) is 32.5 Å². The molecule has 0 bridgehead atoms. The van der Waals surface area contributed by atoms with Crippen LogP contribution in [0.15, 0.2) is 24.3 Å². The Kier molecular flexibility index (Phi) is 8.68. The third-order valence-corrected chi connectivity index (χ3v) is 5.28. The molecule has 0 aliphatic carbocycles. The molecule has 0 spiro atoms. The molecule has 0 unspecified atom stereocenters. The van der Waals surface area contributed by atoms with E-state index in [1.54, 1.807) is 6.07 Å². The van der Waals surface area contributed by atoms with Crippen molar-refractivity contribution in [1.82, 2.24) is 4.90 Å². The summed E-state index contributed by atoms with van der Waals surface area (Å²) in [6.45, 7) is 7.54. The summed E-state index contributed by atoms with van der Waals surface area (Å²) in [5.74, 6) is -0.0202. The van der Waals surface area contributed by atoms with Crippen LogP contribution in [0.4, 0.5) is 4.39 Å². The van der Waals surface area contributed by atoms with E-state index in [1.165, 1.54) is 12.1 Å². The summed E-state index contributed by atoms with van der Waals surface area (Å²) in [4.78, 5) is 26.4. The van der Waals surface area contributed by atoms with Gasteiger partial charge in [-0.25, -0.2) is 4.39 Å². The molecule has 2 rings (SSSR count). The maximum absolute atomic E-state index is 13.5. The second-order valence-corrected chi connectivity index (χ2v) is 7.49. The lowest BCUT2D eigenvalue weighted by Crippen LogP contribution is -2.39. The molecule has 4 nitrogen and oxygen atoms in total. The van der Waals surface area contributed by atoms with E-state index < -0.39 is 0 Å². The van der Waals surface area contributed by atoms with Gasteiger partial charge in [-0.3, -0.25) is 9.59 Å². The van der Waals surface area contributed by atoms with E-state index in [1.807, 2.05) is 18.7 Å². The highest BCUT2D eigenvalue weighted by atomic mass is 19.1. The highest BCUT2D eigenvalue weighted by Crippen LogP contribution is 2.27. The molecule has 28 heavy (non-hydrogen) atoms. The summed E-state index contributed by atoms with van der Waals surface area (Å²) in [5.41, 5.74) is 2.77. The summed E-state index contributed by atoms with van der Waals surface area (Å²) in [7, 11) is 0. The molecule has 0 N–H and O–H groups in total. The van der Waals surface area contributed by atoms with Crippen LogP contribution in [-0.4, -0.2) is 36.5 Å². The van der Waals surface area contributed by atoms with Crippen molar-refractivity contribution >= 4 is 17.4 Å². The van der Waals surface area contributed by atoms with E-state index in [2.05, 4.69) is 13.0 Å². The van der Waals surface area contributed by atoms with Gasteiger partial charge in [0.15, 0.2) is 0 Å². The highest BCUT2D eigenvalue weighted by molar-refractivity contribution is 5.89. The number of benzene rings is 1. The van der Waals surface area contributed by atoms with Crippen molar-refractivity contribution in [3.05, 3.63) is 41.2 Å². The Morgan fingerprint density at radius 2 is 1.96 bits per heavy atom. The van der Waals surface area contributed by atoms with Crippen LogP contribution < -0.4 is 0 Å². The number of aryl methyl sites for hydroxylation is 1. The number of rotatable bonds is 8. The third kappa shape index (κ3) is 6.47. The van der Waals surface area contributed by atoms with Crippen molar-refractivity contribution in [1.29, 1.82) is 0 Å². The topological polar surface area (TPSA) is 46.6 Å². The molecule has 1 aliphatic heterocycles. The first-order chi connectivity index (χ1) is 13.4. The van der Waals surface area contributed by atoms with Crippen molar-refractivity contribution in [2.45, 2.75) is 59.3 Å². The van der Waals surface area contributed by atoms with Crippen LogP contribution in [0.5, 0.6) is 0 Å². The predicted molar refractivity (Wildman–Crippen MR) is 109 cm³/mol. The Balaban J connectivity index is 1.98. The molecular weight excluding hydrogens is 357 g/mol. The summed E-state index contributed by atoms with van der Waals surface area (Å²) in [5, 5.41) is 0. The maximum Gasteiger partial charge on any atom is 0.306 e. The van der Waals surface area contributed by atoms with Crippen molar-refractivity contribution in [3.8, 4) is 0 Å². The normalized spacial score (nSPS) is 15.6. The molecule has 0 aromatic heterocycles. The average molecular weight is 390 g/mol. The average Bonchev–Trinajstić information content (AvgIpc) is 2.66. The first-order valence-corrected chi connectivity index (χ1v) is 10.3. The SMILES string of the molecule is CCC/C=C(/CC(=O)N1CCC(CC(=O)OCC)CC1)c1ccc(F)cc1C. The fourth-order valence-electron chi connectivity index (χ4n) is 3.70. The number of unbranched alkanes of at least 4 members (excludes halogenated alkanes) is 1. The Hall–Kier alpha value is -2.17. The molecule has 1 saturated heterocycles. The summed E-state index contributed by atoms with van der Waals surface area (Å²) >= 11 is 0. The first-order valence-electron chi connectivity index (χ1n) is 10.3. The number of hydrogen-bond donors (Lipinski definition) is 0. The fourth-order valence-corrected chi connectivity index (χ4v) is 3.70. The zero-order chi connectivity index (χ0) is 20.5. The molecule has 154 valence electrons. The minimum Gasteiger partial charge on any atom is -0.466 e. The van der Waals surface area contributed by atoms with Crippen LogP contribution in [0, 0.1) is 18.7 Å². The van der Waals surface area contributed by atoms with Gasteiger partial charge in [-0.05, 0) is 67.9 Å². The Morgan fingerprint density at radius 1 is 1.25 bits per heavy atom. The number of carbonyl (C=O) groups excluding carboxylic acids is 2. The number of esters is 1. The first kappa shape index (κ1) is 22.1. The van der Waals surface area contributed by atoms with Crippen LogP contribution in [0.3, 0.4) is 0 Å². The van der Waals surface area contributed by atoms with Gasteiger partial charge in [-0.1, -0.05) is 25.5 Å². The molecule has 0 radical (unpaired) electrons. The smallest absolute Gasteiger partial charge is 0.306 e. The van der Waals surface area contributed by atoms with Crippen LogP contribution in [0.2, 0.25) is 0 Å². The number of ether oxygens (including phenoxy) is 1. The van der Waals surface area contributed by atoms with Crippen LogP contribution in [0.1, 0.15) is 63.5 Å². The van der Waals surface area contributed by atoms with Gasteiger partial charge in [0.05, 0.1) is 13.0 Å². The third-order valence-electron chi connectivity index (χ3n) is 5.28. The van der Waals surface area contributed by atoms with Gasteiger partial charge in [-0.15, -0.1) is 0 Å². The quantitative estimate of drug-likeness (QED) is 0.594. The lowest BCUT2D eigenvalue weighted by atomic mass is 9.92. The van der Waals surface area contributed by atoms with Crippen molar-refractivity contribution < 1.29 is 18.7 Å². The summed E-state index contributed by atoms with van der Waals surface area (Å²) < 4.78 is 18.5. The van der Waals surface area contributed by atoms with Gasteiger partial charge < -0.3 is 9.64 Å². The summed E-state index contributed by atoms with van der Waals surface area (Å²) in [6.07, 6.45) is 6.41. The van der Waals surface area contributed by atoms with E-state index in [9.17, 15) is 14.0 Å². The summed E-state index contributed by atoms with van der Waals surface area (Å²) in [6, 6.07) is 4.74. The van der Waals surface area contributed by atoms with Crippen LogP contribution in [0.25, 0.3) is 5.57 Å². The Morgan fingerprint density at radius 3 is 2.57 bits per heavy atom. The van der Waals surface area contributed by atoms with Crippen molar-refractivity contribution in [2.24, 2.45) is 5.92 Å². The molecule has 5 heteroatoms. The fraction of sp³-hybridized carbons (Fsp3) is 0.565. The minimum atomic E-state index is -0.258. The number of nitrogens with zero attached hydrogens (tertiary/aromatic N) is 1. The predicted octanol–water partition coefficient (Wildman–Crippen LogP) is 4.90. The van der Waals surface area contributed by atoms with Gasteiger partial charge in [0.2, 0.25) is 5.91 Å². The van der Waals surface area contributed by atoms with E-state index in [-0.39, 0.29) is 23.6 Å². The zero-order valence-electron chi connectivity index (χ0n) is 17.3. The second-order valence-electron chi connectivity index (χ2n) is 7.49. The van der Waals surface area contributed by atoms with E-state index in [0.717, 1.165) is 42.4 Å². The van der Waals surface area contributed by atoms with Crippen molar-refractivity contribution in [3.63, 3.8) is 0 Å². The van der Waals surface area contributed by atoms with Gasteiger partial charge in [-0.2, -0.15) is 0 Å². The molecule has 1 fully saturated rings. The number of halogens is 1. The molecule has 1 aromatic rings. The van der Waals surface area contributed by atoms with E-state index >= 15 is 0 Å². The number of amides is 1. The molecule has 0 saturated carbocycles. The second kappa shape index (κ2) is 11.0. The molecule has 0 atom stereocenters. The van der Waals surface area contributed by atoms with Gasteiger partial charge in [0.1, 0.15) is 5.82 Å². The molecular formula is C23H32FNO3. The largest absolute Gasteiger partial charge is 0.466 e. The molecule has 1 aliphatic rings. The number of carbonyl (C=O) groups is 2. The van der Waals surface area contributed by atoms with Crippen LogP contribution >= 0.6 is 0 Å². The number of likely N-dealkylation sites (tertiary alicyclic amines) is 1. The number of piperidine rings is 1. The van der Waals surface area contributed by atoms with E-state index in [4.69, 9.17) is 4.74 Å². The highest BCUT2D eigenvalue weighted by Gasteiger charge is 2.25. The Labute approximate surface area is 167 Å². The maximum atomic E-state index is 13.5. The van der Waals surface area contributed by atoms with Crippen molar-refractivity contribution in [2.75, 3.05) is 19.7 Å². The zero-order valence-corrected chi connectivity index (χ0v) is 17.3. The molecule has 1 aromatic carbocycles. The molecule has 1 heterocycles. The molecule has 1 amide bonds. The van der Waals surface area contributed by atoms with Crippen LogP contribution in [-0.2, 0) is 14.3 Å². The van der Waals surface area contributed by atoms with Gasteiger partial charge in [0.25, 0.3) is 0 Å². The van der Waals surface area contributed by atoms with Gasteiger partial charge in [0, 0.05) is 19.5 Å². The Bertz CT molecular complexity index is 706. The minimum absolute atomic E-state index is 0.0978. The standard InChI is InChI=1S/C23H32FNO3/c1-4-6-7-19(21-9-8-20(24)14-17(21)3)16-22(26)25-12-10-18(11-13-25)15-23(27)28-5-2/h7-9,14,18H,4-6,10-13,15-16H2,1-3H3/b19-7-.